The molecule has 0 spiro atoms. The van der Waals surface area contributed by atoms with Crippen molar-refractivity contribution in [1.82, 2.24) is 0 Å². The number of hydroxylamine groups is 2. The molecule has 11 heteroatoms. The topological polar surface area (TPSA) is 125 Å². The zero-order valence-electron chi connectivity index (χ0n) is 16.3. The fourth-order valence-electron chi connectivity index (χ4n) is 1.33. The van der Waals surface area contributed by atoms with Crippen LogP contribution in [0.5, 0.6) is 0 Å². The normalized spacial score (nSPS) is 14.7. The van der Waals surface area contributed by atoms with Crippen molar-refractivity contribution < 1.29 is 19.6 Å². The first-order valence-electron chi connectivity index (χ1n) is 7.70. The highest BCUT2D eigenvalue weighted by Crippen LogP contribution is 2.23. The molecule has 0 atom stereocenters. The molecule has 0 amide bonds. The first-order chi connectivity index (χ1) is 11.2. The van der Waals surface area contributed by atoms with E-state index in [-0.39, 0.29) is 19.8 Å². The lowest BCUT2D eigenvalue weighted by molar-refractivity contribution is -0.797. The summed E-state index contributed by atoms with van der Waals surface area (Å²) in [6.07, 6.45) is 1.15. The van der Waals surface area contributed by atoms with E-state index < -0.39 is 23.0 Å². The van der Waals surface area contributed by atoms with E-state index in [2.05, 4.69) is 15.3 Å². The van der Waals surface area contributed by atoms with Gasteiger partial charge in [-0.2, -0.15) is 0 Å². The summed E-state index contributed by atoms with van der Waals surface area (Å²) in [5.74, 6) is -0.509. The van der Waals surface area contributed by atoms with E-state index in [1.165, 1.54) is 0 Å². The van der Waals surface area contributed by atoms with E-state index in [1.807, 2.05) is 0 Å². The van der Waals surface area contributed by atoms with Crippen LogP contribution in [0.25, 0.3) is 0 Å². The minimum atomic E-state index is -0.745. The van der Waals surface area contributed by atoms with E-state index in [9.17, 15) is 15.6 Å². The maximum atomic E-state index is 12.4. The summed E-state index contributed by atoms with van der Waals surface area (Å²) >= 11 is 0.930. The van der Waals surface area contributed by atoms with Gasteiger partial charge in [-0.3, -0.25) is 0 Å². The van der Waals surface area contributed by atoms with Crippen molar-refractivity contribution in [2.24, 2.45) is 15.3 Å². The summed E-state index contributed by atoms with van der Waals surface area (Å²) in [6.45, 7) is 13.5. The highest BCUT2D eigenvalue weighted by atomic mass is 32.2. The van der Waals surface area contributed by atoms with E-state index in [0.717, 1.165) is 11.8 Å². The van der Waals surface area contributed by atoms with Gasteiger partial charge in [-0.15, -0.1) is 0 Å². The number of hydrogen-bond acceptors (Lipinski definition) is 8. The largest absolute Gasteiger partial charge is 0.590 e. The number of rotatable bonds is 6. The van der Waals surface area contributed by atoms with Gasteiger partial charge in [-0.1, -0.05) is 11.8 Å². The Morgan fingerprint density at radius 3 is 1.60 bits per heavy atom. The summed E-state index contributed by atoms with van der Waals surface area (Å²) in [4.78, 5) is 5.13. The van der Waals surface area contributed by atoms with Crippen LogP contribution in [0.4, 0.5) is 0 Å². The van der Waals surface area contributed by atoms with Gasteiger partial charge >= 0.3 is 10.9 Å². The third kappa shape index (κ3) is 9.85. The molecule has 0 bridgehead atoms. The minimum Gasteiger partial charge on any atom is -0.590 e. The number of thioether (sulfide) groups is 1. The molecule has 0 aromatic heterocycles. The van der Waals surface area contributed by atoms with Gasteiger partial charge in [-0.25, -0.2) is 5.21 Å². The van der Waals surface area contributed by atoms with Gasteiger partial charge in [0.15, 0.2) is 5.02 Å². The lowest BCUT2D eigenvalue weighted by Gasteiger charge is -2.12. The Morgan fingerprint density at radius 1 is 0.920 bits per heavy atom. The molecule has 0 aliphatic rings. The molecule has 0 unspecified atom stereocenters. The van der Waals surface area contributed by atoms with Crippen LogP contribution in [0.1, 0.15) is 55.4 Å². The molecule has 0 fully saturated rings. The molecule has 0 aromatic carbocycles. The van der Waals surface area contributed by atoms with Crippen LogP contribution >= 0.6 is 11.8 Å². The van der Waals surface area contributed by atoms with Crippen LogP contribution in [-0.4, -0.2) is 38.2 Å². The Morgan fingerprint density at radius 2 is 1.32 bits per heavy atom. The smallest absolute Gasteiger partial charge is 0.556 e. The average Bonchev–Trinajstić information content (AvgIpc) is 2.32. The standard InChI is InChI=1S/C14H28N6O4S/c1-10(2)24-20(23)15-11(25-9)12(18(21)16-13(3,4)5)19(22)17-14(6,7)8/h10H,1-9H3. The molecule has 0 aromatic rings. The fourth-order valence-corrected chi connectivity index (χ4v) is 1.82. The van der Waals surface area contributed by atoms with E-state index in [0.29, 0.717) is 0 Å². The molecule has 144 valence electrons. The summed E-state index contributed by atoms with van der Waals surface area (Å²) in [7, 11) is 0. The first-order valence-corrected chi connectivity index (χ1v) is 8.93. The molecule has 0 saturated heterocycles. The summed E-state index contributed by atoms with van der Waals surface area (Å²) in [5, 5.41) is 47.8. The van der Waals surface area contributed by atoms with Gasteiger partial charge in [0.05, 0.1) is 11.2 Å². The van der Waals surface area contributed by atoms with Crippen molar-refractivity contribution in [2.45, 2.75) is 72.6 Å². The maximum Gasteiger partial charge on any atom is 0.556 e. The zero-order chi connectivity index (χ0) is 20.0. The first kappa shape index (κ1) is 23.1. The Balaban J connectivity index is 6.43. The molecular formula is C14H28N6O4S. The third-order valence-corrected chi connectivity index (χ3v) is 2.65. The van der Waals surface area contributed by atoms with Gasteiger partial charge in [0.25, 0.3) is 0 Å². The fraction of sp³-hybridized carbons (Fsp3) is 0.857. The lowest BCUT2D eigenvalue weighted by Crippen LogP contribution is -2.23. The molecule has 0 rings (SSSR count). The third-order valence-electron chi connectivity index (χ3n) is 2.00. The van der Waals surface area contributed by atoms with Crippen molar-refractivity contribution in [2.75, 3.05) is 6.26 Å². The summed E-state index contributed by atoms with van der Waals surface area (Å²) in [5.41, 5.74) is -1.49. The molecule has 0 aliphatic carbocycles. The molecular weight excluding hydrogens is 348 g/mol. The highest BCUT2D eigenvalue weighted by molar-refractivity contribution is 8.02. The second kappa shape index (κ2) is 8.97. The maximum absolute atomic E-state index is 12.4. The van der Waals surface area contributed by atoms with Gasteiger partial charge < -0.3 is 15.3 Å². The van der Waals surface area contributed by atoms with E-state index >= 15 is 0 Å². The summed E-state index contributed by atoms with van der Waals surface area (Å²) < 4.78 is 0. The van der Waals surface area contributed by atoms with E-state index in [1.54, 1.807) is 61.6 Å². The summed E-state index contributed by atoms with van der Waals surface area (Å²) in [6, 6.07) is 0. The van der Waals surface area contributed by atoms with Crippen LogP contribution in [0.15, 0.2) is 26.2 Å². The Labute approximate surface area is 152 Å². The van der Waals surface area contributed by atoms with Crippen molar-refractivity contribution in [3.8, 4) is 0 Å². The van der Waals surface area contributed by atoms with E-state index in [4.69, 9.17) is 4.84 Å². The van der Waals surface area contributed by atoms with Crippen molar-refractivity contribution in [3.05, 3.63) is 26.5 Å². The van der Waals surface area contributed by atoms with Gasteiger partial charge in [0.1, 0.15) is 11.1 Å². The molecule has 0 aliphatic heterocycles. The van der Waals surface area contributed by atoms with Crippen LogP contribution in [-0.2, 0) is 4.84 Å². The van der Waals surface area contributed by atoms with Crippen LogP contribution in [0, 0.1) is 15.6 Å². The molecule has 10 nitrogen and oxygen atoms in total. The molecule has 0 heterocycles. The molecule has 0 saturated carbocycles. The zero-order valence-corrected chi connectivity index (χ0v) is 17.1. The van der Waals surface area contributed by atoms with Crippen LogP contribution in [0.3, 0.4) is 0 Å². The Kier molecular flexibility index (Phi) is 8.29. The number of azo groups is 2. The van der Waals surface area contributed by atoms with Crippen molar-refractivity contribution in [3.63, 3.8) is 0 Å². The predicted octanol–water partition coefficient (Wildman–Crippen LogP) is 4.30. The quantitative estimate of drug-likeness (QED) is 0.388. The highest BCUT2D eigenvalue weighted by Gasteiger charge is 2.34. The lowest BCUT2D eigenvalue weighted by atomic mass is 10.1. The van der Waals surface area contributed by atoms with Crippen LogP contribution in [0.2, 0.25) is 0 Å². The number of hydrogen-bond donors (Lipinski definition) is 0. The second-order valence-electron chi connectivity index (χ2n) is 7.41. The minimum absolute atomic E-state index is 0.0354. The Hall–Kier alpha value is -1.91. The molecule has 25 heavy (non-hydrogen) atoms. The van der Waals surface area contributed by atoms with Crippen molar-refractivity contribution >= 4 is 11.8 Å². The molecule has 0 radical (unpaired) electrons. The van der Waals surface area contributed by atoms with Crippen molar-refractivity contribution in [1.29, 1.82) is 0 Å². The van der Waals surface area contributed by atoms with Gasteiger partial charge in [-0.05, 0) is 71.9 Å². The monoisotopic (exact) mass is 376 g/mol. The predicted molar refractivity (Wildman–Crippen MR) is 94.4 cm³/mol. The number of nitrogens with zero attached hydrogens (tertiary/aromatic N) is 6. The van der Waals surface area contributed by atoms with Crippen LogP contribution < -0.4 is 0 Å². The van der Waals surface area contributed by atoms with Gasteiger partial charge in [0, 0.05) is 9.72 Å². The Bertz CT molecular complexity index is 553. The SMILES string of the molecule is CSC(N=[N+]([O-])OC(C)C)=C([N+]([O-])=NC(C)(C)C)[N+]([O-])=NC(C)(C)C. The van der Waals surface area contributed by atoms with Gasteiger partial charge in [0.2, 0.25) is 0 Å². The molecule has 0 N–H and O–H groups in total. The second-order valence-corrected chi connectivity index (χ2v) is 8.21. The average molecular weight is 376 g/mol.